The molecule has 1 aliphatic carbocycles. The van der Waals surface area contributed by atoms with Crippen molar-refractivity contribution in [3.63, 3.8) is 0 Å². The van der Waals surface area contributed by atoms with Crippen molar-refractivity contribution in [2.75, 3.05) is 19.8 Å². The summed E-state index contributed by atoms with van der Waals surface area (Å²) in [7, 11) is 0. The van der Waals surface area contributed by atoms with Crippen LogP contribution in [0.25, 0.3) is 10.2 Å². The SMILES string of the molecule is CCOC(=O)c1nc2sc3c(c2c(=O)[nH]1)CCC1(C3)OCCO1. The summed E-state index contributed by atoms with van der Waals surface area (Å²) < 4.78 is 16.4. The van der Waals surface area contributed by atoms with Crippen LogP contribution in [-0.2, 0) is 27.1 Å². The lowest BCUT2D eigenvalue weighted by Crippen LogP contribution is -2.36. The molecule has 1 spiro atoms. The highest BCUT2D eigenvalue weighted by Gasteiger charge is 2.41. The van der Waals surface area contributed by atoms with E-state index in [2.05, 4.69) is 9.97 Å². The monoisotopic (exact) mass is 336 g/mol. The molecule has 122 valence electrons. The van der Waals surface area contributed by atoms with Gasteiger partial charge in [0.2, 0.25) is 5.82 Å². The van der Waals surface area contributed by atoms with Crippen molar-refractivity contribution in [2.45, 2.75) is 32.0 Å². The van der Waals surface area contributed by atoms with E-state index in [-0.39, 0.29) is 18.0 Å². The van der Waals surface area contributed by atoms with Gasteiger partial charge >= 0.3 is 5.97 Å². The third kappa shape index (κ3) is 2.37. The molecule has 0 unspecified atom stereocenters. The number of nitrogens with one attached hydrogen (secondary N) is 1. The normalized spacial score (nSPS) is 19.2. The Balaban J connectivity index is 1.78. The molecule has 1 N–H and O–H groups in total. The second-order valence-corrected chi connectivity index (χ2v) is 6.69. The number of thiophene rings is 1. The molecule has 0 amide bonds. The zero-order valence-electron chi connectivity index (χ0n) is 12.6. The highest BCUT2D eigenvalue weighted by Crippen LogP contribution is 2.41. The van der Waals surface area contributed by atoms with E-state index in [0.29, 0.717) is 36.3 Å². The Bertz CT molecular complexity index is 834. The summed E-state index contributed by atoms with van der Waals surface area (Å²) in [5.74, 6) is -1.22. The van der Waals surface area contributed by atoms with E-state index in [1.165, 1.54) is 11.3 Å². The molecule has 0 radical (unpaired) electrons. The average Bonchev–Trinajstić information content (AvgIpc) is 3.11. The van der Waals surface area contributed by atoms with E-state index < -0.39 is 11.8 Å². The second-order valence-electron chi connectivity index (χ2n) is 5.60. The molecule has 7 nitrogen and oxygen atoms in total. The van der Waals surface area contributed by atoms with Crippen LogP contribution in [0, 0.1) is 0 Å². The Morgan fingerprint density at radius 1 is 1.43 bits per heavy atom. The maximum Gasteiger partial charge on any atom is 0.374 e. The third-order valence-electron chi connectivity index (χ3n) is 4.21. The predicted molar refractivity (Wildman–Crippen MR) is 82.9 cm³/mol. The Morgan fingerprint density at radius 2 is 2.22 bits per heavy atom. The lowest BCUT2D eigenvalue weighted by Gasteiger charge is -2.31. The molecule has 23 heavy (non-hydrogen) atoms. The molecule has 1 fully saturated rings. The molecule has 3 heterocycles. The number of ether oxygens (including phenoxy) is 3. The van der Waals surface area contributed by atoms with Gasteiger partial charge in [0.1, 0.15) is 4.83 Å². The fourth-order valence-electron chi connectivity index (χ4n) is 3.21. The van der Waals surface area contributed by atoms with Gasteiger partial charge in [-0.2, -0.15) is 0 Å². The smallest absolute Gasteiger partial charge is 0.374 e. The van der Waals surface area contributed by atoms with Gasteiger partial charge in [0.25, 0.3) is 5.56 Å². The van der Waals surface area contributed by atoms with Crippen molar-refractivity contribution in [1.29, 1.82) is 0 Å². The summed E-state index contributed by atoms with van der Waals surface area (Å²) in [6.07, 6.45) is 2.06. The van der Waals surface area contributed by atoms with Crippen LogP contribution in [-0.4, -0.2) is 41.5 Å². The molecule has 4 rings (SSSR count). The number of esters is 1. The number of fused-ring (bicyclic) bond motifs is 3. The van der Waals surface area contributed by atoms with Gasteiger partial charge in [-0.3, -0.25) is 4.79 Å². The van der Waals surface area contributed by atoms with Crippen molar-refractivity contribution in [1.82, 2.24) is 9.97 Å². The quantitative estimate of drug-likeness (QED) is 0.834. The summed E-state index contributed by atoms with van der Waals surface area (Å²) in [5, 5.41) is 0.575. The molecule has 1 aliphatic heterocycles. The molecule has 8 heteroatoms. The van der Waals surface area contributed by atoms with E-state index in [1.807, 2.05) is 0 Å². The molecule has 0 aromatic carbocycles. The van der Waals surface area contributed by atoms with Gasteiger partial charge in [-0.15, -0.1) is 11.3 Å². The first-order valence-electron chi connectivity index (χ1n) is 7.61. The van der Waals surface area contributed by atoms with Crippen LogP contribution in [0.3, 0.4) is 0 Å². The van der Waals surface area contributed by atoms with Crippen LogP contribution in [0.15, 0.2) is 4.79 Å². The third-order valence-corrected chi connectivity index (χ3v) is 5.34. The zero-order chi connectivity index (χ0) is 16.0. The Kier molecular flexibility index (Phi) is 3.47. The minimum absolute atomic E-state index is 0.0500. The fraction of sp³-hybridized carbons (Fsp3) is 0.533. The number of carbonyl (C=O) groups is 1. The Labute approximate surface area is 135 Å². The number of hydrogen-bond donors (Lipinski definition) is 1. The topological polar surface area (TPSA) is 90.5 Å². The number of hydrogen-bond acceptors (Lipinski definition) is 7. The fourth-order valence-corrected chi connectivity index (χ4v) is 4.51. The minimum Gasteiger partial charge on any atom is -0.460 e. The van der Waals surface area contributed by atoms with Crippen LogP contribution < -0.4 is 5.56 Å². The van der Waals surface area contributed by atoms with Gasteiger partial charge in [-0.25, -0.2) is 9.78 Å². The van der Waals surface area contributed by atoms with Crippen molar-refractivity contribution >= 4 is 27.5 Å². The van der Waals surface area contributed by atoms with Gasteiger partial charge in [0.05, 0.1) is 25.2 Å². The molecule has 2 aromatic heterocycles. The van der Waals surface area contributed by atoms with Crippen molar-refractivity contribution in [2.24, 2.45) is 0 Å². The van der Waals surface area contributed by atoms with Gasteiger partial charge in [-0.1, -0.05) is 0 Å². The van der Waals surface area contributed by atoms with E-state index in [9.17, 15) is 9.59 Å². The summed E-state index contributed by atoms with van der Waals surface area (Å²) in [4.78, 5) is 32.6. The van der Waals surface area contributed by atoms with Crippen LogP contribution in [0.5, 0.6) is 0 Å². The molecular formula is C15H16N2O5S. The standard InChI is InChI=1S/C15H16N2O5S/c1-2-20-14(19)11-16-12(18)10-8-3-4-15(21-5-6-22-15)7-9(8)23-13(10)17-11/h2-7H2,1H3,(H,16,17,18). The van der Waals surface area contributed by atoms with Crippen molar-refractivity contribution in [3.8, 4) is 0 Å². The maximum absolute atomic E-state index is 12.4. The zero-order valence-corrected chi connectivity index (χ0v) is 13.5. The average molecular weight is 336 g/mol. The van der Waals surface area contributed by atoms with E-state index >= 15 is 0 Å². The van der Waals surface area contributed by atoms with Crippen LogP contribution in [0.1, 0.15) is 34.4 Å². The largest absolute Gasteiger partial charge is 0.460 e. The van der Waals surface area contributed by atoms with Gasteiger partial charge in [0, 0.05) is 17.7 Å². The number of aromatic amines is 1. The van der Waals surface area contributed by atoms with E-state index in [1.54, 1.807) is 6.92 Å². The summed E-state index contributed by atoms with van der Waals surface area (Å²) in [5.41, 5.74) is 0.707. The van der Waals surface area contributed by atoms with Crippen molar-refractivity contribution in [3.05, 3.63) is 26.6 Å². The minimum atomic E-state index is -0.614. The molecule has 2 aromatic rings. The van der Waals surface area contributed by atoms with Crippen LogP contribution in [0.4, 0.5) is 0 Å². The Morgan fingerprint density at radius 3 is 2.96 bits per heavy atom. The molecular weight excluding hydrogens is 320 g/mol. The summed E-state index contributed by atoms with van der Waals surface area (Å²) in [6, 6.07) is 0. The molecule has 0 saturated carbocycles. The van der Waals surface area contributed by atoms with Crippen LogP contribution >= 0.6 is 11.3 Å². The number of rotatable bonds is 2. The van der Waals surface area contributed by atoms with Crippen molar-refractivity contribution < 1.29 is 19.0 Å². The Hall–Kier alpha value is -1.77. The number of nitrogens with zero attached hydrogens (tertiary/aromatic N) is 1. The van der Waals surface area contributed by atoms with Crippen LogP contribution in [0.2, 0.25) is 0 Å². The number of aryl methyl sites for hydroxylation is 1. The summed E-state index contributed by atoms with van der Waals surface area (Å²) in [6.45, 7) is 3.15. The maximum atomic E-state index is 12.4. The van der Waals surface area contributed by atoms with E-state index in [4.69, 9.17) is 14.2 Å². The van der Waals surface area contributed by atoms with E-state index in [0.717, 1.165) is 16.9 Å². The number of aromatic nitrogens is 2. The molecule has 0 bridgehead atoms. The van der Waals surface area contributed by atoms with Gasteiger partial charge in [-0.05, 0) is 18.9 Å². The predicted octanol–water partition coefficient (Wildman–Crippen LogP) is 1.39. The second kappa shape index (κ2) is 5.40. The number of H-pyrrole nitrogens is 1. The highest BCUT2D eigenvalue weighted by atomic mass is 32.1. The molecule has 2 aliphatic rings. The van der Waals surface area contributed by atoms with Gasteiger partial charge in [0.15, 0.2) is 5.79 Å². The lowest BCUT2D eigenvalue weighted by atomic mass is 9.92. The highest BCUT2D eigenvalue weighted by molar-refractivity contribution is 7.18. The first-order valence-corrected chi connectivity index (χ1v) is 8.43. The molecule has 0 atom stereocenters. The molecule has 1 saturated heterocycles. The first-order chi connectivity index (χ1) is 11.1. The first kappa shape index (κ1) is 14.8. The lowest BCUT2D eigenvalue weighted by molar-refractivity contribution is -0.163. The summed E-state index contributed by atoms with van der Waals surface area (Å²) >= 11 is 1.43. The van der Waals surface area contributed by atoms with Gasteiger partial charge < -0.3 is 19.2 Å². The number of carbonyl (C=O) groups excluding carboxylic acids is 1.